The molecule has 0 aliphatic heterocycles. The number of para-hydroxylation sites is 1. The average molecular weight is 269 g/mol. The topological polar surface area (TPSA) is 88.1 Å². The van der Waals surface area contributed by atoms with Gasteiger partial charge in [-0.05, 0) is 19.1 Å². The summed E-state index contributed by atoms with van der Waals surface area (Å²) >= 11 is 0. The lowest BCUT2D eigenvalue weighted by atomic mass is 10.1. The molecule has 20 heavy (non-hydrogen) atoms. The molecule has 100 valence electrons. The molecule has 0 aliphatic rings. The quantitative estimate of drug-likeness (QED) is 0.763. The Morgan fingerprint density at radius 2 is 2.10 bits per heavy atom. The number of carboxylic acids is 1. The maximum absolute atomic E-state index is 11.3. The van der Waals surface area contributed by atoms with E-state index in [1.54, 1.807) is 24.3 Å². The minimum absolute atomic E-state index is 0.00403. The van der Waals surface area contributed by atoms with E-state index in [1.165, 1.54) is 0 Å². The largest absolute Gasteiger partial charge is 0.477 e. The molecule has 0 aliphatic carbocycles. The molecule has 1 aromatic carbocycles. The van der Waals surface area contributed by atoms with Gasteiger partial charge in [0, 0.05) is 17.1 Å². The Morgan fingerprint density at radius 3 is 2.80 bits per heavy atom. The van der Waals surface area contributed by atoms with Gasteiger partial charge in [0.15, 0.2) is 0 Å². The number of aromatic carboxylic acids is 1. The van der Waals surface area contributed by atoms with Crippen LogP contribution in [0, 0.1) is 6.92 Å². The zero-order valence-electron chi connectivity index (χ0n) is 10.6. The molecule has 0 saturated heterocycles. The predicted octanol–water partition coefficient (Wildman–Crippen LogP) is 2.76. The normalized spacial score (nSPS) is 10.7. The lowest BCUT2D eigenvalue weighted by Gasteiger charge is -2.06. The molecule has 0 saturated carbocycles. The minimum Gasteiger partial charge on any atom is -0.477 e. The minimum atomic E-state index is -1.09. The molecule has 0 bridgehead atoms. The summed E-state index contributed by atoms with van der Waals surface area (Å²) in [6, 6.07) is 10.5. The van der Waals surface area contributed by atoms with Gasteiger partial charge in [0.2, 0.25) is 11.8 Å². The van der Waals surface area contributed by atoms with Crippen LogP contribution in [0.4, 0.5) is 0 Å². The molecule has 0 amide bonds. The zero-order valence-corrected chi connectivity index (χ0v) is 10.6. The fourth-order valence-electron chi connectivity index (χ4n) is 1.87. The lowest BCUT2D eigenvalue weighted by Crippen LogP contribution is -2.02. The van der Waals surface area contributed by atoms with Crippen molar-refractivity contribution in [2.75, 3.05) is 0 Å². The second-order valence-corrected chi connectivity index (χ2v) is 4.33. The highest BCUT2D eigenvalue weighted by atomic mass is 16.5. The van der Waals surface area contributed by atoms with Crippen LogP contribution in [0.3, 0.4) is 0 Å². The molecule has 0 atom stereocenters. The van der Waals surface area contributed by atoms with E-state index in [1.807, 2.05) is 19.1 Å². The highest BCUT2D eigenvalue weighted by Gasteiger charge is 2.16. The van der Waals surface area contributed by atoms with Crippen LogP contribution in [-0.4, -0.2) is 26.3 Å². The van der Waals surface area contributed by atoms with Crippen molar-refractivity contribution < 1.29 is 14.6 Å². The summed E-state index contributed by atoms with van der Waals surface area (Å²) in [7, 11) is 0. The van der Waals surface area contributed by atoms with Crippen LogP contribution in [0.1, 0.15) is 16.1 Å². The Labute approximate surface area is 114 Å². The number of hydrogen-bond acceptors (Lipinski definition) is 4. The fraction of sp³-hybridized carbons (Fsp3) is 0.0714. The number of hydrogen-bond donors (Lipinski definition) is 2. The Bertz CT molecular complexity index is 795. The first-order valence-electron chi connectivity index (χ1n) is 5.96. The Balaban J connectivity index is 2.11. The van der Waals surface area contributed by atoms with E-state index in [4.69, 9.17) is 4.74 Å². The van der Waals surface area contributed by atoms with Crippen molar-refractivity contribution in [3.8, 4) is 11.8 Å². The summed E-state index contributed by atoms with van der Waals surface area (Å²) < 4.78 is 5.47. The summed E-state index contributed by atoms with van der Waals surface area (Å²) in [4.78, 5) is 15.6. The summed E-state index contributed by atoms with van der Waals surface area (Å²) in [5.41, 5.74) is 1.49. The first-order valence-corrected chi connectivity index (χ1v) is 5.96. The molecule has 6 heteroatoms. The highest BCUT2D eigenvalue weighted by molar-refractivity contribution is 5.95. The molecule has 0 spiro atoms. The van der Waals surface area contributed by atoms with Crippen molar-refractivity contribution in [2.45, 2.75) is 6.92 Å². The van der Waals surface area contributed by atoms with Gasteiger partial charge in [-0.15, -0.1) is 5.10 Å². The third-order valence-corrected chi connectivity index (χ3v) is 2.80. The average Bonchev–Trinajstić information content (AvgIpc) is 2.83. The molecular weight excluding hydrogens is 258 g/mol. The Morgan fingerprint density at radius 1 is 1.30 bits per heavy atom. The van der Waals surface area contributed by atoms with Gasteiger partial charge in [-0.25, -0.2) is 9.78 Å². The number of carbonyl (C=O) groups is 1. The molecule has 0 radical (unpaired) electrons. The van der Waals surface area contributed by atoms with E-state index in [0.717, 1.165) is 11.1 Å². The molecule has 0 unspecified atom stereocenters. The SMILES string of the molecule is Cc1cc(Oc2nc3ccccc3cc2C(=O)O)n[nH]1. The molecule has 3 aromatic rings. The molecule has 0 fully saturated rings. The predicted molar refractivity (Wildman–Crippen MR) is 72.1 cm³/mol. The number of nitrogens with one attached hydrogen (secondary N) is 1. The van der Waals surface area contributed by atoms with Gasteiger partial charge in [-0.2, -0.15) is 0 Å². The number of H-pyrrole nitrogens is 1. The first-order chi connectivity index (χ1) is 9.63. The van der Waals surface area contributed by atoms with Gasteiger partial charge in [-0.1, -0.05) is 18.2 Å². The number of pyridine rings is 1. The van der Waals surface area contributed by atoms with Crippen molar-refractivity contribution >= 4 is 16.9 Å². The van der Waals surface area contributed by atoms with Crippen molar-refractivity contribution in [3.63, 3.8) is 0 Å². The highest BCUT2D eigenvalue weighted by Crippen LogP contribution is 2.26. The molecule has 2 heterocycles. The van der Waals surface area contributed by atoms with Crippen LogP contribution in [0.15, 0.2) is 36.4 Å². The zero-order chi connectivity index (χ0) is 14.1. The van der Waals surface area contributed by atoms with Crippen LogP contribution >= 0.6 is 0 Å². The van der Waals surface area contributed by atoms with Crippen molar-refractivity contribution in [3.05, 3.63) is 47.7 Å². The molecular formula is C14H11N3O3. The number of aromatic amines is 1. The number of nitrogens with zero attached hydrogens (tertiary/aromatic N) is 2. The summed E-state index contributed by atoms with van der Waals surface area (Å²) in [6.07, 6.45) is 0. The number of ether oxygens (including phenoxy) is 1. The summed E-state index contributed by atoms with van der Waals surface area (Å²) in [5, 5.41) is 16.6. The Hall–Kier alpha value is -2.89. The van der Waals surface area contributed by atoms with E-state index in [2.05, 4.69) is 15.2 Å². The van der Waals surface area contributed by atoms with Gasteiger partial charge in [0.25, 0.3) is 0 Å². The van der Waals surface area contributed by atoms with E-state index in [-0.39, 0.29) is 17.3 Å². The number of aromatic nitrogens is 3. The number of rotatable bonds is 3. The summed E-state index contributed by atoms with van der Waals surface area (Å²) in [6.45, 7) is 1.83. The number of fused-ring (bicyclic) bond motifs is 1. The molecule has 3 rings (SSSR count). The van der Waals surface area contributed by atoms with Crippen LogP contribution in [0.2, 0.25) is 0 Å². The van der Waals surface area contributed by atoms with Crippen LogP contribution in [0.5, 0.6) is 11.8 Å². The fourth-order valence-corrected chi connectivity index (χ4v) is 1.87. The third-order valence-electron chi connectivity index (χ3n) is 2.80. The van der Waals surface area contributed by atoms with Gasteiger partial charge in [0.05, 0.1) is 5.52 Å². The van der Waals surface area contributed by atoms with Gasteiger partial charge >= 0.3 is 5.97 Å². The van der Waals surface area contributed by atoms with Gasteiger partial charge < -0.3 is 9.84 Å². The maximum Gasteiger partial charge on any atom is 0.341 e. The Kier molecular flexibility index (Phi) is 2.83. The standard InChI is InChI=1S/C14H11N3O3/c1-8-6-12(17-16-8)20-13-10(14(18)19)7-9-4-2-3-5-11(9)15-13/h2-7H,1H3,(H,16,17)(H,18,19). The van der Waals surface area contributed by atoms with Crippen LogP contribution in [-0.2, 0) is 0 Å². The van der Waals surface area contributed by atoms with Crippen LogP contribution in [0.25, 0.3) is 10.9 Å². The monoisotopic (exact) mass is 269 g/mol. The smallest absolute Gasteiger partial charge is 0.341 e. The number of aryl methyl sites for hydroxylation is 1. The lowest BCUT2D eigenvalue weighted by molar-refractivity contribution is 0.0693. The molecule has 6 nitrogen and oxygen atoms in total. The second-order valence-electron chi connectivity index (χ2n) is 4.33. The van der Waals surface area contributed by atoms with E-state index in [9.17, 15) is 9.90 Å². The first kappa shape index (κ1) is 12.2. The summed E-state index contributed by atoms with van der Waals surface area (Å²) in [5.74, 6) is -0.777. The van der Waals surface area contributed by atoms with Crippen LogP contribution < -0.4 is 4.74 Å². The van der Waals surface area contributed by atoms with E-state index < -0.39 is 5.97 Å². The van der Waals surface area contributed by atoms with Crippen molar-refractivity contribution in [1.29, 1.82) is 0 Å². The van der Waals surface area contributed by atoms with E-state index in [0.29, 0.717) is 5.52 Å². The van der Waals surface area contributed by atoms with E-state index >= 15 is 0 Å². The second kappa shape index (κ2) is 4.65. The molecule has 2 aromatic heterocycles. The number of carboxylic acid groups (broad SMARTS) is 1. The van der Waals surface area contributed by atoms with Gasteiger partial charge in [0.1, 0.15) is 5.56 Å². The van der Waals surface area contributed by atoms with Crippen molar-refractivity contribution in [2.24, 2.45) is 0 Å². The van der Waals surface area contributed by atoms with Gasteiger partial charge in [-0.3, -0.25) is 5.10 Å². The third kappa shape index (κ3) is 2.18. The van der Waals surface area contributed by atoms with Crippen molar-refractivity contribution in [1.82, 2.24) is 15.2 Å². The molecule has 2 N–H and O–H groups in total. The number of benzene rings is 1. The maximum atomic E-state index is 11.3.